The maximum atomic E-state index is 11.5. The van der Waals surface area contributed by atoms with Crippen LogP contribution in [0.5, 0.6) is 0 Å². The topological polar surface area (TPSA) is 37.3 Å². The van der Waals surface area contributed by atoms with Crippen LogP contribution in [0, 0.1) is 0 Å². The number of aliphatic hydroxyl groups is 1. The van der Waals surface area contributed by atoms with Gasteiger partial charge in [-0.3, -0.25) is 4.79 Å². The van der Waals surface area contributed by atoms with Gasteiger partial charge in [0.25, 0.3) is 0 Å². The van der Waals surface area contributed by atoms with Gasteiger partial charge in [-0.15, -0.1) is 0 Å². The van der Waals surface area contributed by atoms with Crippen molar-refractivity contribution in [2.24, 2.45) is 0 Å². The molecule has 0 fully saturated rings. The Morgan fingerprint density at radius 2 is 1.68 bits per heavy atom. The first-order valence-electron chi connectivity index (χ1n) is 7.52. The van der Waals surface area contributed by atoms with E-state index in [1.54, 1.807) is 19.9 Å². The van der Waals surface area contributed by atoms with E-state index in [1.165, 1.54) is 25.7 Å². The zero-order valence-corrected chi connectivity index (χ0v) is 12.8. The molecule has 0 atom stereocenters. The lowest BCUT2D eigenvalue weighted by atomic mass is 10.0. The van der Waals surface area contributed by atoms with E-state index in [0.717, 1.165) is 12.8 Å². The predicted molar refractivity (Wildman–Crippen MR) is 82.2 cm³/mol. The average molecular weight is 266 g/mol. The van der Waals surface area contributed by atoms with Gasteiger partial charge in [-0.1, -0.05) is 38.0 Å². The van der Waals surface area contributed by atoms with Gasteiger partial charge < -0.3 is 5.11 Å². The Morgan fingerprint density at radius 3 is 2.32 bits per heavy atom. The van der Waals surface area contributed by atoms with Crippen molar-refractivity contribution in [1.29, 1.82) is 0 Å². The lowest BCUT2D eigenvalue weighted by Crippen LogP contribution is -2.19. The molecule has 0 aliphatic rings. The number of carbonyl (C=O) groups excluding carboxylic acids is 1. The molecule has 0 bridgehead atoms. The number of unbranched alkanes of at least 4 members (excludes halogenated alkanes) is 4. The van der Waals surface area contributed by atoms with Crippen LogP contribution < -0.4 is 0 Å². The summed E-state index contributed by atoms with van der Waals surface area (Å²) in [6.07, 6.45) is 15.9. The zero-order chi connectivity index (χ0) is 14.6. The molecule has 0 spiro atoms. The molecule has 0 saturated heterocycles. The monoisotopic (exact) mass is 266 g/mol. The van der Waals surface area contributed by atoms with Crippen LogP contribution in [0.15, 0.2) is 24.3 Å². The fourth-order valence-corrected chi connectivity index (χ4v) is 1.67. The van der Waals surface area contributed by atoms with E-state index >= 15 is 0 Å². The van der Waals surface area contributed by atoms with Crippen molar-refractivity contribution < 1.29 is 9.90 Å². The molecule has 0 aliphatic heterocycles. The molecule has 2 heteroatoms. The second-order valence-electron chi connectivity index (χ2n) is 5.73. The van der Waals surface area contributed by atoms with E-state index in [9.17, 15) is 9.90 Å². The van der Waals surface area contributed by atoms with Crippen LogP contribution in [-0.2, 0) is 4.79 Å². The van der Waals surface area contributed by atoms with Crippen molar-refractivity contribution in [3.05, 3.63) is 24.3 Å². The van der Waals surface area contributed by atoms with Crippen molar-refractivity contribution >= 4 is 5.78 Å². The second kappa shape index (κ2) is 11.0. The molecule has 0 unspecified atom stereocenters. The van der Waals surface area contributed by atoms with E-state index in [-0.39, 0.29) is 5.78 Å². The Bertz CT molecular complexity index is 282. The first-order valence-corrected chi connectivity index (χ1v) is 7.52. The molecule has 0 aromatic heterocycles. The van der Waals surface area contributed by atoms with Gasteiger partial charge in [0.15, 0.2) is 5.78 Å². The minimum atomic E-state index is -0.745. The summed E-state index contributed by atoms with van der Waals surface area (Å²) in [7, 11) is 0. The highest BCUT2D eigenvalue weighted by molar-refractivity contribution is 5.89. The molecule has 1 N–H and O–H groups in total. The molecule has 2 nitrogen and oxygen atoms in total. The van der Waals surface area contributed by atoms with Gasteiger partial charge in [-0.25, -0.2) is 0 Å². The summed E-state index contributed by atoms with van der Waals surface area (Å²) in [4.78, 5) is 11.5. The number of rotatable bonds is 11. The highest BCUT2D eigenvalue weighted by Crippen LogP contribution is 2.10. The van der Waals surface area contributed by atoms with Crippen molar-refractivity contribution in [2.75, 3.05) is 0 Å². The summed E-state index contributed by atoms with van der Waals surface area (Å²) in [6, 6.07) is 0. The number of ketones is 1. The molecule has 0 aliphatic carbocycles. The lowest BCUT2D eigenvalue weighted by molar-refractivity contribution is -0.115. The number of allylic oxidation sites excluding steroid dienone is 4. The normalized spacial score (nSPS) is 12.6. The van der Waals surface area contributed by atoms with Crippen molar-refractivity contribution in [1.82, 2.24) is 0 Å². The van der Waals surface area contributed by atoms with Crippen LogP contribution in [0.25, 0.3) is 0 Å². The minimum Gasteiger partial charge on any atom is -0.390 e. The van der Waals surface area contributed by atoms with Crippen LogP contribution >= 0.6 is 0 Å². The van der Waals surface area contributed by atoms with Gasteiger partial charge in [0, 0.05) is 6.42 Å². The van der Waals surface area contributed by atoms with E-state index < -0.39 is 5.60 Å². The van der Waals surface area contributed by atoms with Crippen molar-refractivity contribution in [3.63, 3.8) is 0 Å². The van der Waals surface area contributed by atoms with E-state index in [1.807, 2.05) is 6.08 Å². The van der Waals surface area contributed by atoms with Crippen LogP contribution in [0.1, 0.15) is 72.1 Å². The third-order valence-corrected chi connectivity index (χ3v) is 2.93. The summed E-state index contributed by atoms with van der Waals surface area (Å²) in [5.74, 6) is 0.106. The first-order chi connectivity index (χ1) is 8.95. The second-order valence-corrected chi connectivity index (χ2v) is 5.73. The summed E-state index contributed by atoms with van der Waals surface area (Å²) < 4.78 is 0. The van der Waals surface area contributed by atoms with Gasteiger partial charge in [0.1, 0.15) is 0 Å². The third-order valence-electron chi connectivity index (χ3n) is 2.93. The summed E-state index contributed by atoms with van der Waals surface area (Å²) in [5.41, 5.74) is -0.745. The Balaban J connectivity index is 3.54. The van der Waals surface area contributed by atoms with Crippen LogP contribution in [0.3, 0.4) is 0 Å². The largest absolute Gasteiger partial charge is 0.390 e. The molecular formula is C17H30O2. The van der Waals surface area contributed by atoms with Crippen molar-refractivity contribution in [2.45, 2.75) is 77.7 Å². The number of hydrogen-bond acceptors (Lipinski definition) is 2. The van der Waals surface area contributed by atoms with Gasteiger partial charge in [-0.2, -0.15) is 0 Å². The summed E-state index contributed by atoms with van der Waals surface area (Å²) >= 11 is 0. The highest BCUT2D eigenvalue weighted by Gasteiger charge is 2.13. The molecule has 110 valence electrons. The van der Waals surface area contributed by atoms with Crippen LogP contribution in [0.2, 0.25) is 0 Å². The predicted octanol–water partition coefficient (Wildman–Crippen LogP) is 4.58. The fraction of sp³-hybridized carbons (Fsp3) is 0.706. The Morgan fingerprint density at radius 1 is 1.05 bits per heavy atom. The van der Waals surface area contributed by atoms with Gasteiger partial charge in [0.05, 0.1) is 5.60 Å². The zero-order valence-electron chi connectivity index (χ0n) is 12.8. The smallest absolute Gasteiger partial charge is 0.155 e. The Kier molecular flexibility index (Phi) is 10.5. The Labute approximate surface area is 118 Å². The molecule has 0 saturated carbocycles. The molecule has 19 heavy (non-hydrogen) atoms. The van der Waals surface area contributed by atoms with E-state index in [4.69, 9.17) is 0 Å². The molecule has 0 rings (SSSR count). The minimum absolute atomic E-state index is 0.106. The summed E-state index contributed by atoms with van der Waals surface area (Å²) in [5, 5.41) is 9.51. The number of hydrogen-bond donors (Lipinski definition) is 1. The molecule has 0 radical (unpaired) electrons. The molecule has 0 amide bonds. The third kappa shape index (κ3) is 15.1. The van der Waals surface area contributed by atoms with Gasteiger partial charge in [-0.05, 0) is 52.0 Å². The average Bonchev–Trinajstić information content (AvgIpc) is 2.33. The van der Waals surface area contributed by atoms with Gasteiger partial charge >= 0.3 is 0 Å². The summed E-state index contributed by atoms with van der Waals surface area (Å²) in [6.45, 7) is 5.67. The molecule has 0 aromatic rings. The molecule has 0 heterocycles. The quantitative estimate of drug-likeness (QED) is 0.337. The van der Waals surface area contributed by atoms with Crippen LogP contribution in [0.4, 0.5) is 0 Å². The van der Waals surface area contributed by atoms with Crippen molar-refractivity contribution in [3.8, 4) is 0 Å². The maximum Gasteiger partial charge on any atom is 0.155 e. The van der Waals surface area contributed by atoms with E-state index in [0.29, 0.717) is 12.8 Å². The SMILES string of the molecule is CCCCC/C=C\CC/C=C/C(=O)CCC(C)(C)O. The number of carbonyl (C=O) groups is 1. The lowest BCUT2D eigenvalue weighted by Gasteiger charge is -2.15. The Hall–Kier alpha value is -0.890. The fourth-order valence-electron chi connectivity index (χ4n) is 1.67. The van der Waals surface area contributed by atoms with Crippen LogP contribution in [-0.4, -0.2) is 16.5 Å². The standard InChI is InChI=1S/C17H30O2/c1-4-5-6-7-8-9-10-11-12-13-16(18)14-15-17(2,3)19/h8-9,12-13,19H,4-7,10-11,14-15H2,1-3H3/b9-8-,13-12+. The van der Waals surface area contributed by atoms with Gasteiger partial charge in [0.2, 0.25) is 0 Å². The molecule has 0 aromatic carbocycles. The van der Waals surface area contributed by atoms with E-state index in [2.05, 4.69) is 19.1 Å². The molecular weight excluding hydrogens is 236 g/mol. The maximum absolute atomic E-state index is 11.5. The highest BCUT2D eigenvalue weighted by atomic mass is 16.3. The first kappa shape index (κ1) is 18.1.